The van der Waals surface area contributed by atoms with Crippen molar-refractivity contribution in [3.05, 3.63) is 78.2 Å². The maximum absolute atomic E-state index is 12.7. The van der Waals surface area contributed by atoms with Crippen LogP contribution >= 0.6 is 0 Å². The van der Waals surface area contributed by atoms with Crippen LogP contribution < -0.4 is 0 Å². The van der Waals surface area contributed by atoms with Gasteiger partial charge in [-0.3, -0.25) is 4.79 Å². The molecular weight excluding hydrogens is 392 g/mol. The topological polar surface area (TPSA) is 89.9 Å². The molecule has 0 unspecified atom stereocenters. The van der Waals surface area contributed by atoms with Crippen molar-refractivity contribution < 1.29 is 9.21 Å². The van der Waals surface area contributed by atoms with E-state index in [4.69, 9.17) is 4.42 Å². The number of carbonyl (C=O) groups is 1. The monoisotopic (exact) mass is 416 g/mol. The molecule has 0 N–H and O–H groups in total. The van der Waals surface area contributed by atoms with Crippen LogP contribution in [0.25, 0.3) is 17.1 Å². The first-order chi connectivity index (χ1) is 15.0. The molecule has 8 heteroatoms. The molecule has 2 aromatic heterocycles. The number of amides is 1. The fraction of sp³-hybridized carbons (Fsp3) is 0.261. The minimum absolute atomic E-state index is 0.0166. The Balaban J connectivity index is 1.34. The minimum Gasteiger partial charge on any atom is -0.421 e. The fourth-order valence-corrected chi connectivity index (χ4v) is 3.24. The number of hydrogen-bond donors (Lipinski definition) is 0. The van der Waals surface area contributed by atoms with Gasteiger partial charge in [-0.1, -0.05) is 29.8 Å². The summed E-state index contributed by atoms with van der Waals surface area (Å²) in [5.74, 6) is 0.946. The summed E-state index contributed by atoms with van der Waals surface area (Å²) in [6.07, 6.45) is 3.85. The second kappa shape index (κ2) is 8.91. The van der Waals surface area contributed by atoms with Crippen LogP contribution in [0.2, 0.25) is 0 Å². The molecule has 8 nitrogen and oxygen atoms in total. The zero-order valence-electron chi connectivity index (χ0n) is 17.8. The summed E-state index contributed by atoms with van der Waals surface area (Å²) in [5, 5.41) is 12.3. The predicted molar refractivity (Wildman–Crippen MR) is 115 cm³/mol. The first kappa shape index (κ1) is 20.5. The van der Waals surface area contributed by atoms with Crippen LogP contribution in [0.1, 0.15) is 36.4 Å². The van der Waals surface area contributed by atoms with E-state index in [1.54, 1.807) is 15.9 Å². The van der Waals surface area contributed by atoms with Gasteiger partial charge < -0.3 is 9.32 Å². The van der Waals surface area contributed by atoms with Gasteiger partial charge in [-0.15, -0.1) is 10.2 Å². The highest BCUT2D eigenvalue weighted by molar-refractivity contribution is 5.76. The lowest BCUT2D eigenvalue weighted by Gasteiger charge is -2.25. The summed E-state index contributed by atoms with van der Waals surface area (Å²) in [5.41, 5.74) is 4.00. The van der Waals surface area contributed by atoms with Gasteiger partial charge in [0.2, 0.25) is 17.7 Å². The van der Waals surface area contributed by atoms with Crippen LogP contribution in [0.4, 0.5) is 0 Å². The van der Waals surface area contributed by atoms with Crippen molar-refractivity contribution in [2.75, 3.05) is 7.05 Å². The van der Waals surface area contributed by atoms with Gasteiger partial charge in [0.25, 0.3) is 0 Å². The number of hydrogen-bond acceptors (Lipinski definition) is 6. The average molecular weight is 416 g/mol. The Labute approximate surface area is 180 Å². The SMILES string of the molecule is Cc1ccc(-c2nnc(CCC(=O)N(C)[C@H](C)c3ccc(-n4cncn4)cc3)o2)cc1. The number of rotatable bonds is 7. The van der Waals surface area contributed by atoms with Crippen LogP contribution in [-0.2, 0) is 11.2 Å². The van der Waals surface area contributed by atoms with Gasteiger partial charge in [0.1, 0.15) is 12.7 Å². The molecule has 1 atom stereocenters. The molecule has 158 valence electrons. The molecule has 0 bridgehead atoms. The predicted octanol–water partition coefficient (Wildman–Crippen LogP) is 3.78. The molecule has 4 rings (SSSR count). The van der Waals surface area contributed by atoms with Gasteiger partial charge in [-0.25, -0.2) is 9.67 Å². The Morgan fingerprint density at radius 2 is 1.84 bits per heavy atom. The third kappa shape index (κ3) is 4.69. The highest BCUT2D eigenvalue weighted by atomic mass is 16.4. The maximum Gasteiger partial charge on any atom is 0.247 e. The zero-order chi connectivity index (χ0) is 21.8. The van der Waals surface area contributed by atoms with Crippen molar-refractivity contribution in [1.29, 1.82) is 0 Å². The van der Waals surface area contributed by atoms with Crippen LogP contribution in [0, 0.1) is 6.92 Å². The number of carbonyl (C=O) groups excluding carboxylic acids is 1. The van der Waals surface area contributed by atoms with Gasteiger partial charge in [-0.2, -0.15) is 5.10 Å². The molecule has 0 radical (unpaired) electrons. The van der Waals surface area contributed by atoms with E-state index in [0.717, 1.165) is 16.8 Å². The maximum atomic E-state index is 12.7. The summed E-state index contributed by atoms with van der Waals surface area (Å²) in [6.45, 7) is 4.03. The molecule has 0 fully saturated rings. The molecule has 0 aliphatic heterocycles. The Bertz CT molecular complexity index is 1130. The van der Waals surface area contributed by atoms with Gasteiger partial charge in [0.15, 0.2) is 0 Å². The average Bonchev–Trinajstić information content (AvgIpc) is 3.49. The highest BCUT2D eigenvalue weighted by Crippen LogP contribution is 2.22. The van der Waals surface area contributed by atoms with Gasteiger partial charge in [-0.05, 0) is 43.7 Å². The summed E-state index contributed by atoms with van der Waals surface area (Å²) in [7, 11) is 1.81. The third-order valence-corrected chi connectivity index (χ3v) is 5.35. The van der Waals surface area contributed by atoms with E-state index in [1.165, 1.54) is 11.9 Å². The van der Waals surface area contributed by atoms with Gasteiger partial charge >= 0.3 is 0 Å². The molecule has 0 aliphatic rings. The molecule has 0 saturated heterocycles. The second-order valence-electron chi connectivity index (χ2n) is 7.48. The Hall–Kier alpha value is -3.81. The van der Waals surface area contributed by atoms with Crippen LogP contribution in [0.15, 0.2) is 65.6 Å². The molecule has 0 aliphatic carbocycles. The smallest absolute Gasteiger partial charge is 0.247 e. The molecule has 2 aromatic carbocycles. The van der Waals surface area contributed by atoms with Crippen molar-refractivity contribution in [2.45, 2.75) is 32.7 Å². The first-order valence-corrected chi connectivity index (χ1v) is 10.1. The Morgan fingerprint density at radius 1 is 1.10 bits per heavy atom. The number of nitrogens with zero attached hydrogens (tertiary/aromatic N) is 6. The van der Waals surface area contributed by atoms with E-state index in [2.05, 4.69) is 20.3 Å². The van der Waals surface area contributed by atoms with Crippen LogP contribution in [0.5, 0.6) is 0 Å². The number of benzene rings is 2. The third-order valence-electron chi connectivity index (χ3n) is 5.35. The molecule has 31 heavy (non-hydrogen) atoms. The normalized spacial score (nSPS) is 12.0. The van der Waals surface area contributed by atoms with E-state index in [1.807, 2.05) is 69.4 Å². The first-order valence-electron chi connectivity index (χ1n) is 10.1. The number of aryl methyl sites for hydroxylation is 2. The van der Waals surface area contributed by atoms with Crippen LogP contribution in [0.3, 0.4) is 0 Å². The molecular formula is C23H24N6O2. The molecule has 4 aromatic rings. The number of aromatic nitrogens is 5. The molecule has 1 amide bonds. The van der Waals surface area contributed by atoms with Crippen molar-refractivity contribution in [3.8, 4) is 17.1 Å². The molecule has 0 saturated carbocycles. The minimum atomic E-state index is -0.0666. The summed E-state index contributed by atoms with van der Waals surface area (Å²) >= 11 is 0. The molecule has 2 heterocycles. The van der Waals surface area contributed by atoms with Crippen LogP contribution in [-0.4, -0.2) is 42.8 Å². The van der Waals surface area contributed by atoms with Crippen molar-refractivity contribution in [2.24, 2.45) is 0 Å². The highest BCUT2D eigenvalue weighted by Gasteiger charge is 2.19. The zero-order valence-corrected chi connectivity index (χ0v) is 17.8. The molecule has 0 spiro atoms. The summed E-state index contributed by atoms with van der Waals surface area (Å²) in [6, 6.07) is 15.7. The quantitative estimate of drug-likeness (QED) is 0.455. The van der Waals surface area contributed by atoms with E-state index in [0.29, 0.717) is 24.6 Å². The summed E-state index contributed by atoms with van der Waals surface area (Å²) in [4.78, 5) is 18.4. The van der Waals surface area contributed by atoms with E-state index in [-0.39, 0.29) is 11.9 Å². The lowest BCUT2D eigenvalue weighted by Crippen LogP contribution is -2.29. The Kier molecular flexibility index (Phi) is 5.88. The standard InChI is InChI=1S/C23H24N6O2/c1-16-4-6-19(7-5-16)23-27-26-21(31-23)12-13-22(30)28(3)17(2)18-8-10-20(11-9-18)29-15-24-14-25-29/h4-11,14-15,17H,12-13H2,1-3H3/t17-/m1/s1. The van der Waals surface area contributed by atoms with Crippen molar-refractivity contribution in [3.63, 3.8) is 0 Å². The van der Waals surface area contributed by atoms with Crippen molar-refractivity contribution in [1.82, 2.24) is 29.9 Å². The van der Waals surface area contributed by atoms with Gasteiger partial charge in [0.05, 0.1) is 11.7 Å². The lowest BCUT2D eigenvalue weighted by molar-refractivity contribution is -0.131. The largest absolute Gasteiger partial charge is 0.421 e. The summed E-state index contributed by atoms with van der Waals surface area (Å²) < 4.78 is 7.42. The van der Waals surface area contributed by atoms with Crippen molar-refractivity contribution >= 4 is 5.91 Å². The van der Waals surface area contributed by atoms with E-state index < -0.39 is 0 Å². The fourth-order valence-electron chi connectivity index (χ4n) is 3.24. The van der Waals surface area contributed by atoms with E-state index >= 15 is 0 Å². The van der Waals surface area contributed by atoms with Gasteiger partial charge in [0, 0.05) is 25.5 Å². The second-order valence-corrected chi connectivity index (χ2v) is 7.48. The Morgan fingerprint density at radius 3 is 2.52 bits per heavy atom. The van der Waals surface area contributed by atoms with E-state index in [9.17, 15) is 4.79 Å². The lowest BCUT2D eigenvalue weighted by atomic mass is 10.1.